The predicted octanol–water partition coefficient (Wildman–Crippen LogP) is 8.48. The summed E-state index contributed by atoms with van der Waals surface area (Å²) in [4.78, 5) is 2.10. The van der Waals surface area contributed by atoms with E-state index in [2.05, 4.69) is 45.1 Å². The van der Waals surface area contributed by atoms with E-state index in [9.17, 15) is 4.39 Å². The number of halogens is 3. The normalized spacial score (nSPS) is 14.8. The molecule has 0 fully saturated rings. The molecular formula is C29H26BrF2N. The van der Waals surface area contributed by atoms with Gasteiger partial charge in [0, 0.05) is 22.8 Å². The number of allylic oxidation sites excluding steroid dienone is 4. The Morgan fingerprint density at radius 2 is 1.42 bits per heavy atom. The Labute approximate surface area is 202 Å². The first-order chi connectivity index (χ1) is 15.8. The molecule has 0 aromatic heterocycles. The van der Waals surface area contributed by atoms with Crippen molar-refractivity contribution in [2.45, 2.75) is 31.5 Å². The van der Waals surface area contributed by atoms with Crippen LogP contribution in [0.1, 0.15) is 42.5 Å². The highest BCUT2D eigenvalue weighted by atomic mass is 79.9. The zero-order valence-corrected chi connectivity index (χ0v) is 20.2. The van der Waals surface area contributed by atoms with Crippen LogP contribution in [0.5, 0.6) is 0 Å². The number of nitrogens with zero attached hydrogens (tertiary/aromatic N) is 1. The van der Waals surface area contributed by atoms with E-state index in [1.807, 2.05) is 67.0 Å². The molecule has 3 aromatic rings. The molecule has 1 aliphatic rings. The minimum Gasteiger partial charge on any atom is -0.343 e. The second-order valence-corrected chi connectivity index (χ2v) is 9.62. The van der Waals surface area contributed by atoms with Crippen LogP contribution >= 0.6 is 15.9 Å². The molecule has 4 heteroatoms. The Morgan fingerprint density at radius 1 is 0.818 bits per heavy atom. The third-order valence-corrected chi connectivity index (χ3v) is 6.18. The van der Waals surface area contributed by atoms with Gasteiger partial charge in [0.15, 0.2) is 0 Å². The average Bonchev–Trinajstić information content (AvgIpc) is 3.00. The lowest BCUT2D eigenvalue weighted by Crippen LogP contribution is -2.27. The van der Waals surface area contributed by atoms with Crippen LogP contribution in [0.3, 0.4) is 0 Å². The summed E-state index contributed by atoms with van der Waals surface area (Å²) in [5.41, 5.74) is 1.98. The second kappa shape index (κ2) is 9.88. The molecule has 0 amide bonds. The van der Waals surface area contributed by atoms with Crippen LogP contribution in [-0.2, 0) is 0 Å². The second-order valence-electron chi connectivity index (χ2n) is 8.70. The number of hydrogen-bond donors (Lipinski definition) is 0. The van der Waals surface area contributed by atoms with Gasteiger partial charge in [-0.25, -0.2) is 8.78 Å². The van der Waals surface area contributed by atoms with Crippen molar-refractivity contribution in [2.24, 2.45) is 0 Å². The summed E-state index contributed by atoms with van der Waals surface area (Å²) in [6.07, 6.45) is 9.75. The van der Waals surface area contributed by atoms with Crippen LogP contribution in [-0.4, -0.2) is 10.6 Å². The topological polar surface area (TPSA) is 3.24 Å². The van der Waals surface area contributed by atoms with Gasteiger partial charge in [-0.05, 0) is 60.4 Å². The molecule has 0 saturated carbocycles. The summed E-state index contributed by atoms with van der Waals surface area (Å²) < 4.78 is 30.5. The number of alkyl halides is 1. The molecular weight excluding hydrogens is 480 g/mol. The van der Waals surface area contributed by atoms with E-state index in [1.165, 1.54) is 12.1 Å². The van der Waals surface area contributed by atoms with Crippen LogP contribution < -0.4 is 0 Å². The predicted molar refractivity (Wildman–Crippen MR) is 135 cm³/mol. The van der Waals surface area contributed by atoms with Gasteiger partial charge in [-0.15, -0.1) is 0 Å². The van der Waals surface area contributed by atoms with Gasteiger partial charge >= 0.3 is 0 Å². The van der Waals surface area contributed by atoms with E-state index in [4.69, 9.17) is 0 Å². The Morgan fingerprint density at radius 3 is 1.97 bits per heavy atom. The first-order valence-electron chi connectivity index (χ1n) is 10.9. The van der Waals surface area contributed by atoms with E-state index in [0.717, 1.165) is 16.7 Å². The third kappa shape index (κ3) is 5.51. The SMILES string of the molecule is CC(C)(F)C(C1=CN(C(c2ccccc2)c2ccccc2)C=CC=C1)c1cc(F)cc(Br)c1. The molecule has 1 heterocycles. The van der Waals surface area contributed by atoms with Crippen molar-refractivity contribution < 1.29 is 8.78 Å². The van der Waals surface area contributed by atoms with Crippen LogP contribution in [0.4, 0.5) is 8.78 Å². The van der Waals surface area contributed by atoms with E-state index < -0.39 is 17.4 Å². The maximum atomic E-state index is 15.6. The van der Waals surface area contributed by atoms with Crippen molar-refractivity contribution in [2.75, 3.05) is 0 Å². The summed E-state index contributed by atoms with van der Waals surface area (Å²) >= 11 is 3.36. The smallest absolute Gasteiger partial charge is 0.124 e. The summed E-state index contributed by atoms with van der Waals surface area (Å²) in [5, 5.41) is 0. The highest BCUT2D eigenvalue weighted by molar-refractivity contribution is 9.10. The van der Waals surface area contributed by atoms with Crippen molar-refractivity contribution in [1.82, 2.24) is 4.90 Å². The van der Waals surface area contributed by atoms with Crippen molar-refractivity contribution in [1.29, 1.82) is 0 Å². The van der Waals surface area contributed by atoms with Gasteiger partial charge in [0.1, 0.15) is 11.5 Å². The fourth-order valence-electron chi connectivity index (χ4n) is 4.44. The molecule has 4 rings (SSSR count). The largest absolute Gasteiger partial charge is 0.343 e. The van der Waals surface area contributed by atoms with E-state index in [1.54, 1.807) is 19.9 Å². The first kappa shape index (κ1) is 23.2. The van der Waals surface area contributed by atoms with E-state index >= 15 is 4.39 Å². The number of hydrogen-bond acceptors (Lipinski definition) is 1. The fraction of sp³-hybridized carbons (Fsp3) is 0.172. The lowest BCUT2D eigenvalue weighted by Gasteiger charge is -2.33. The molecule has 0 N–H and O–H groups in total. The van der Waals surface area contributed by atoms with Gasteiger partial charge in [0.05, 0.1) is 6.04 Å². The molecule has 1 aliphatic heterocycles. The number of rotatable bonds is 6. The monoisotopic (exact) mass is 505 g/mol. The molecule has 0 bridgehead atoms. The standard InChI is InChI=1S/C29H26BrF2N/c1-29(2,32)27(24-17-25(30)19-26(31)18-24)23-15-9-10-16-33(20-23)28(21-11-5-3-6-12-21)22-13-7-4-8-14-22/h3-20,27-28H,1-2H3. The Bertz CT molecular complexity index is 1120. The number of benzene rings is 3. The molecule has 1 atom stereocenters. The van der Waals surface area contributed by atoms with Gasteiger partial charge in [-0.3, -0.25) is 0 Å². The molecule has 0 radical (unpaired) electrons. The lowest BCUT2D eigenvalue weighted by atomic mass is 9.80. The zero-order chi connectivity index (χ0) is 23.4. The molecule has 0 spiro atoms. The molecule has 33 heavy (non-hydrogen) atoms. The summed E-state index contributed by atoms with van der Waals surface area (Å²) in [6.45, 7) is 3.08. The minimum atomic E-state index is -1.62. The summed E-state index contributed by atoms with van der Waals surface area (Å²) in [7, 11) is 0. The quantitative estimate of drug-likeness (QED) is 0.324. The maximum absolute atomic E-state index is 15.6. The summed E-state index contributed by atoms with van der Waals surface area (Å²) in [6, 6.07) is 25.0. The van der Waals surface area contributed by atoms with Crippen LogP contribution in [0.2, 0.25) is 0 Å². The van der Waals surface area contributed by atoms with Crippen LogP contribution in [0.25, 0.3) is 0 Å². The van der Waals surface area contributed by atoms with Crippen molar-refractivity contribution in [3.63, 3.8) is 0 Å². The molecule has 0 aliphatic carbocycles. The minimum absolute atomic E-state index is 0.0961. The average molecular weight is 506 g/mol. The van der Waals surface area contributed by atoms with E-state index in [-0.39, 0.29) is 6.04 Å². The van der Waals surface area contributed by atoms with Crippen molar-refractivity contribution in [3.8, 4) is 0 Å². The van der Waals surface area contributed by atoms with Gasteiger partial charge in [-0.2, -0.15) is 0 Å². The molecule has 0 saturated heterocycles. The highest BCUT2D eigenvalue weighted by Gasteiger charge is 2.34. The molecule has 168 valence electrons. The van der Waals surface area contributed by atoms with Gasteiger partial charge in [-0.1, -0.05) is 88.7 Å². The first-order valence-corrected chi connectivity index (χ1v) is 11.7. The van der Waals surface area contributed by atoms with Crippen molar-refractivity contribution >= 4 is 15.9 Å². The van der Waals surface area contributed by atoms with Gasteiger partial charge in [0.2, 0.25) is 0 Å². The van der Waals surface area contributed by atoms with Crippen LogP contribution in [0.15, 0.2) is 120 Å². The third-order valence-electron chi connectivity index (χ3n) is 5.72. The molecule has 1 nitrogen and oxygen atoms in total. The van der Waals surface area contributed by atoms with Gasteiger partial charge in [0.25, 0.3) is 0 Å². The molecule has 1 unspecified atom stereocenters. The maximum Gasteiger partial charge on any atom is 0.124 e. The highest BCUT2D eigenvalue weighted by Crippen LogP contribution is 2.41. The fourth-order valence-corrected chi connectivity index (χ4v) is 4.92. The molecule has 3 aromatic carbocycles. The van der Waals surface area contributed by atoms with Gasteiger partial charge < -0.3 is 4.90 Å². The Balaban J connectivity index is 1.84. The zero-order valence-electron chi connectivity index (χ0n) is 18.6. The Hall–Kier alpha value is -2.98. The Kier molecular flexibility index (Phi) is 6.94. The van der Waals surface area contributed by atoms with Crippen LogP contribution in [0, 0.1) is 5.82 Å². The van der Waals surface area contributed by atoms with Crippen molar-refractivity contribution in [3.05, 3.63) is 142 Å². The van der Waals surface area contributed by atoms with E-state index in [0.29, 0.717) is 10.0 Å². The summed E-state index contributed by atoms with van der Waals surface area (Å²) in [5.74, 6) is -1.05. The lowest BCUT2D eigenvalue weighted by molar-refractivity contribution is 0.189.